The number of pyridine rings is 2. The fourth-order valence-corrected chi connectivity index (χ4v) is 4.88. The van der Waals surface area contributed by atoms with Crippen molar-refractivity contribution in [1.29, 1.82) is 0 Å². The van der Waals surface area contributed by atoms with Crippen molar-refractivity contribution in [2.24, 2.45) is 0 Å². The second kappa shape index (κ2) is 9.04. The van der Waals surface area contributed by atoms with E-state index in [4.69, 9.17) is 14.2 Å². The number of rotatable bonds is 6. The van der Waals surface area contributed by atoms with Crippen LogP contribution in [0.4, 0.5) is 26.2 Å². The fraction of sp³-hybridized carbons (Fsp3) is 0.360. The molecule has 3 aliphatic heterocycles. The van der Waals surface area contributed by atoms with Gasteiger partial charge in [-0.1, -0.05) is 0 Å². The molecule has 3 aliphatic rings. The maximum Gasteiger partial charge on any atom is 0.414 e. The first kappa shape index (κ1) is 23.2. The molecule has 2 fully saturated rings. The largest absolute Gasteiger partial charge is 0.482 e. The molecule has 0 bridgehead atoms. The molecule has 1 aromatic carbocycles. The molecular weight excluding hydrogens is 483 g/mol. The summed E-state index contributed by atoms with van der Waals surface area (Å²) in [5.74, 6) is 0.296. The highest BCUT2D eigenvalue weighted by molar-refractivity contribution is 5.97. The van der Waals surface area contributed by atoms with Crippen molar-refractivity contribution >= 4 is 40.1 Å². The van der Waals surface area contributed by atoms with Crippen LogP contribution in [0.3, 0.4) is 0 Å². The summed E-state index contributed by atoms with van der Waals surface area (Å²) in [5, 5.41) is 2.75. The molecule has 12 heteroatoms. The van der Waals surface area contributed by atoms with E-state index in [1.807, 2.05) is 11.9 Å². The number of ether oxygens (including phenoxy) is 3. The topological polar surface area (TPSA) is 109 Å². The van der Waals surface area contributed by atoms with E-state index in [-0.39, 0.29) is 24.7 Å². The Morgan fingerprint density at radius 2 is 2.05 bits per heavy atom. The summed E-state index contributed by atoms with van der Waals surface area (Å²) in [4.78, 5) is 38.4. The number of amides is 2. The number of nitrogens with zero attached hydrogens (tertiary/aromatic N) is 5. The zero-order valence-electron chi connectivity index (χ0n) is 20.3. The third-order valence-corrected chi connectivity index (χ3v) is 6.90. The third-order valence-electron chi connectivity index (χ3n) is 6.90. The maximum absolute atomic E-state index is 14.8. The molecule has 0 saturated carbocycles. The summed E-state index contributed by atoms with van der Waals surface area (Å²) in [6.45, 7) is 2.07. The first-order valence-corrected chi connectivity index (χ1v) is 11.9. The number of methoxy groups -OCH3 is 1. The molecule has 0 unspecified atom stereocenters. The molecule has 1 N–H and O–H groups in total. The Morgan fingerprint density at radius 1 is 1.22 bits per heavy atom. The number of likely N-dealkylation sites (N-methyl/N-ethyl adjacent to an activating group) is 1. The van der Waals surface area contributed by atoms with Crippen LogP contribution >= 0.6 is 0 Å². The van der Waals surface area contributed by atoms with Crippen molar-refractivity contribution < 1.29 is 28.2 Å². The van der Waals surface area contributed by atoms with E-state index in [0.29, 0.717) is 65.9 Å². The van der Waals surface area contributed by atoms with Crippen molar-refractivity contribution in [2.75, 3.05) is 62.1 Å². The SMILES string of the molecule is COc1ccc2ncc(F)c(N3CC(N(C)C[C@@H]4CN(c5ccc6c(c5)NC(=O)CO6)C(=O)O4)C3)c2n1. The van der Waals surface area contributed by atoms with Crippen LogP contribution in [0, 0.1) is 5.82 Å². The molecule has 0 aliphatic carbocycles. The van der Waals surface area contributed by atoms with Gasteiger partial charge in [0.1, 0.15) is 23.1 Å². The van der Waals surface area contributed by atoms with E-state index in [1.54, 1.807) is 35.2 Å². The minimum absolute atomic E-state index is 0.0279. The molecule has 11 nitrogen and oxygen atoms in total. The second-order valence-corrected chi connectivity index (χ2v) is 9.31. The number of nitrogens with one attached hydrogen (secondary N) is 1. The number of benzene rings is 1. The van der Waals surface area contributed by atoms with Gasteiger partial charge in [0.05, 0.1) is 31.1 Å². The lowest BCUT2D eigenvalue weighted by Gasteiger charge is -2.45. The molecule has 1 atom stereocenters. The average Bonchev–Trinajstić information content (AvgIpc) is 3.23. The van der Waals surface area contributed by atoms with Crippen LogP contribution in [0.5, 0.6) is 11.6 Å². The number of halogens is 1. The Bertz CT molecular complexity index is 1400. The summed E-state index contributed by atoms with van der Waals surface area (Å²) in [5.41, 5.74) is 2.63. The number of hydrogen-bond donors (Lipinski definition) is 1. The van der Waals surface area contributed by atoms with Gasteiger partial charge in [0.15, 0.2) is 12.4 Å². The predicted octanol–water partition coefficient (Wildman–Crippen LogP) is 2.25. The number of aromatic nitrogens is 2. The summed E-state index contributed by atoms with van der Waals surface area (Å²) in [6.07, 6.45) is 0.438. The Balaban J connectivity index is 1.10. The molecule has 2 saturated heterocycles. The van der Waals surface area contributed by atoms with E-state index in [2.05, 4.69) is 20.2 Å². The first-order valence-electron chi connectivity index (χ1n) is 11.9. The Kier molecular flexibility index (Phi) is 5.67. The van der Waals surface area contributed by atoms with Gasteiger partial charge in [-0.3, -0.25) is 19.6 Å². The standard InChI is InChI=1S/C25H25FN6O5/c1-30(15-9-31(10-15)24-17(26)8-27-18-4-6-22(35-2)29-23(18)24)11-16-12-32(25(34)37-16)14-3-5-20-19(7-14)28-21(33)13-36-20/h3-8,15-16H,9-13H2,1-2H3,(H,28,33)/t16-/m1/s1. The minimum atomic E-state index is -0.443. The van der Waals surface area contributed by atoms with Crippen LogP contribution in [-0.2, 0) is 9.53 Å². The molecule has 0 radical (unpaired) electrons. The summed E-state index contributed by atoms with van der Waals surface area (Å²) >= 11 is 0. The van der Waals surface area contributed by atoms with Crippen LogP contribution < -0.4 is 24.6 Å². The first-order chi connectivity index (χ1) is 17.9. The Morgan fingerprint density at radius 3 is 2.86 bits per heavy atom. The normalized spacial score (nSPS) is 19.4. The number of carbonyl (C=O) groups excluding carboxylic acids is 2. The van der Waals surface area contributed by atoms with Crippen molar-refractivity contribution in [3.05, 3.63) is 42.3 Å². The minimum Gasteiger partial charge on any atom is -0.482 e. The van der Waals surface area contributed by atoms with Gasteiger partial charge in [-0.15, -0.1) is 0 Å². The average molecular weight is 509 g/mol. The van der Waals surface area contributed by atoms with Gasteiger partial charge < -0.3 is 24.4 Å². The summed E-state index contributed by atoms with van der Waals surface area (Å²) in [6, 6.07) is 8.81. The van der Waals surface area contributed by atoms with Crippen LogP contribution in [0.25, 0.3) is 11.0 Å². The zero-order valence-corrected chi connectivity index (χ0v) is 20.3. The van der Waals surface area contributed by atoms with Gasteiger partial charge in [-0.25, -0.2) is 14.2 Å². The van der Waals surface area contributed by atoms with E-state index in [9.17, 15) is 14.0 Å². The van der Waals surface area contributed by atoms with Crippen LogP contribution in [0.15, 0.2) is 36.5 Å². The van der Waals surface area contributed by atoms with Gasteiger partial charge in [0.25, 0.3) is 5.91 Å². The van der Waals surface area contributed by atoms with Gasteiger partial charge >= 0.3 is 6.09 Å². The molecule has 2 aromatic heterocycles. The molecule has 37 heavy (non-hydrogen) atoms. The number of fused-ring (bicyclic) bond motifs is 2. The van der Waals surface area contributed by atoms with Gasteiger partial charge in [-0.2, -0.15) is 0 Å². The van der Waals surface area contributed by atoms with Gasteiger partial charge in [0, 0.05) is 37.4 Å². The highest BCUT2D eigenvalue weighted by atomic mass is 19.1. The molecular formula is C25H25FN6O5. The predicted molar refractivity (Wildman–Crippen MR) is 133 cm³/mol. The second-order valence-electron chi connectivity index (χ2n) is 9.31. The fourth-order valence-electron chi connectivity index (χ4n) is 4.88. The number of carbonyl (C=O) groups is 2. The quantitative estimate of drug-likeness (QED) is 0.536. The van der Waals surface area contributed by atoms with E-state index in [0.717, 1.165) is 0 Å². The van der Waals surface area contributed by atoms with Gasteiger partial charge in [0.2, 0.25) is 5.88 Å². The smallest absolute Gasteiger partial charge is 0.414 e. The van der Waals surface area contributed by atoms with Crippen molar-refractivity contribution in [2.45, 2.75) is 12.1 Å². The summed E-state index contributed by atoms with van der Waals surface area (Å²) < 4.78 is 31.0. The highest BCUT2D eigenvalue weighted by Crippen LogP contribution is 2.35. The van der Waals surface area contributed by atoms with Crippen LogP contribution in [-0.4, -0.2) is 86.0 Å². The third kappa shape index (κ3) is 4.22. The Hall–Kier alpha value is -4.19. The Labute approximate surface area is 211 Å². The summed E-state index contributed by atoms with van der Waals surface area (Å²) in [7, 11) is 3.48. The number of hydrogen-bond acceptors (Lipinski definition) is 9. The van der Waals surface area contributed by atoms with Gasteiger partial charge in [-0.05, 0) is 31.3 Å². The van der Waals surface area contributed by atoms with E-state index in [1.165, 1.54) is 13.3 Å². The molecule has 6 rings (SSSR count). The molecule has 192 valence electrons. The lowest BCUT2D eigenvalue weighted by molar-refractivity contribution is -0.118. The van der Waals surface area contributed by atoms with E-state index >= 15 is 0 Å². The van der Waals surface area contributed by atoms with E-state index < -0.39 is 11.9 Å². The lowest BCUT2D eigenvalue weighted by Crippen LogP contribution is -2.60. The number of anilines is 3. The monoisotopic (exact) mass is 508 g/mol. The molecule has 2 amide bonds. The molecule has 5 heterocycles. The van der Waals surface area contributed by atoms with Crippen molar-refractivity contribution in [3.63, 3.8) is 0 Å². The lowest BCUT2D eigenvalue weighted by atomic mass is 10.0. The molecule has 3 aromatic rings. The van der Waals surface area contributed by atoms with Crippen molar-refractivity contribution in [1.82, 2.24) is 14.9 Å². The van der Waals surface area contributed by atoms with Crippen molar-refractivity contribution in [3.8, 4) is 11.6 Å². The molecule has 0 spiro atoms. The zero-order chi connectivity index (χ0) is 25.7. The highest BCUT2D eigenvalue weighted by Gasteiger charge is 2.38. The maximum atomic E-state index is 14.8. The van der Waals surface area contributed by atoms with Crippen LogP contribution in [0.2, 0.25) is 0 Å². The van der Waals surface area contributed by atoms with Crippen LogP contribution in [0.1, 0.15) is 0 Å². The number of cyclic esters (lactones) is 1.